The minimum Gasteiger partial charge on any atom is -0.381 e. The van der Waals surface area contributed by atoms with Crippen molar-refractivity contribution in [1.29, 1.82) is 0 Å². The molecule has 33 heavy (non-hydrogen) atoms. The summed E-state index contributed by atoms with van der Waals surface area (Å²) < 4.78 is 47.8. The van der Waals surface area contributed by atoms with Crippen LogP contribution in [0, 0.1) is 5.82 Å². The monoisotopic (exact) mass is 474 g/mol. The maximum Gasteiger partial charge on any atom is 0.217 e. The molecule has 178 valence electrons. The Morgan fingerprint density at radius 2 is 1.88 bits per heavy atom. The van der Waals surface area contributed by atoms with Gasteiger partial charge in [0.15, 0.2) is 9.84 Å². The Hall–Kier alpha value is -2.29. The second kappa shape index (κ2) is 9.52. The van der Waals surface area contributed by atoms with Crippen molar-refractivity contribution >= 4 is 15.7 Å². The molecule has 2 N–H and O–H groups in total. The van der Waals surface area contributed by atoms with Gasteiger partial charge in [0.05, 0.1) is 16.0 Å². The van der Waals surface area contributed by atoms with E-state index in [4.69, 9.17) is 4.74 Å². The normalized spacial score (nSPS) is 26.5. The van der Waals surface area contributed by atoms with Crippen LogP contribution in [0.15, 0.2) is 48.5 Å². The summed E-state index contributed by atoms with van der Waals surface area (Å²) in [6, 6.07) is 13.8. The molecule has 1 unspecified atom stereocenters. The summed E-state index contributed by atoms with van der Waals surface area (Å²) in [6.45, 7) is 4.59. The third-order valence-corrected chi connectivity index (χ3v) is 9.61. The molecule has 1 amide bonds. The maximum absolute atomic E-state index is 15.3. The number of sulfone groups is 1. The first-order chi connectivity index (χ1) is 15.7. The van der Waals surface area contributed by atoms with Crippen molar-refractivity contribution in [2.45, 2.75) is 55.2 Å². The van der Waals surface area contributed by atoms with Gasteiger partial charge < -0.3 is 15.4 Å². The highest BCUT2D eigenvalue weighted by molar-refractivity contribution is 7.92. The van der Waals surface area contributed by atoms with E-state index in [1.807, 2.05) is 43.3 Å². The Bertz CT molecular complexity index is 1100. The van der Waals surface area contributed by atoms with Gasteiger partial charge in [-0.2, -0.15) is 0 Å². The highest BCUT2D eigenvalue weighted by atomic mass is 32.2. The molecule has 0 radical (unpaired) electrons. The van der Waals surface area contributed by atoms with E-state index in [0.717, 1.165) is 5.56 Å². The molecule has 2 aromatic rings. The lowest BCUT2D eigenvalue weighted by Gasteiger charge is -2.38. The topological polar surface area (TPSA) is 84.5 Å². The molecule has 4 rings (SSSR count). The number of amides is 1. The summed E-state index contributed by atoms with van der Waals surface area (Å²) in [5, 5.41) is 4.89. The number of rotatable bonds is 5. The standard InChI is InChI=1S/C25H31FN2O4S/c1-17-23(33(30,31)24(16-27-17)19-6-4-3-5-7-19)14-20-8-9-21(15-22(20)26)25(28-18(2)29)10-12-32-13-11-25/h3-9,15,17,23-24,27H,10-14,16H2,1-2H3,(H,28,29)/t17-,23?,24-/m0/s1. The number of halogens is 1. The van der Waals surface area contributed by atoms with Crippen LogP contribution in [0.2, 0.25) is 0 Å². The summed E-state index contributed by atoms with van der Waals surface area (Å²) in [4.78, 5) is 11.8. The molecule has 2 heterocycles. The fraction of sp³-hybridized carbons (Fsp3) is 0.480. The second-order valence-electron chi connectivity index (χ2n) is 9.11. The van der Waals surface area contributed by atoms with Crippen molar-refractivity contribution in [3.8, 4) is 0 Å². The van der Waals surface area contributed by atoms with E-state index in [2.05, 4.69) is 10.6 Å². The lowest BCUT2D eigenvalue weighted by molar-refractivity contribution is -0.122. The van der Waals surface area contributed by atoms with Crippen molar-refractivity contribution in [1.82, 2.24) is 10.6 Å². The molecule has 8 heteroatoms. The summed E-state index contributed by atoms with van der Waals surface area (Å²) in [5.41, 5.74) is 1.12. The van der Waals surface area contributed by atoms with Crippen molar-refractivity contribution in [3.63, 3.8) is 0 Å². The van der Waals surface area contributed by atoms with Gasteiger partial charge >= 0.3 is 0 Å². The molecular formula is C25H31FN2O4S. The summed E-state index contributed by atoms with van der Waals surface area (Å²) in [7, 11) is -3.54. The highest BCUT2D eigenvalue weighted by Gasteiger charge is 2.43. The molecule has 0 aliphatic carbocycles. The number of hydrogen-bond acceptors (Lipinski definition) is 5. The molecule has 0 bridgehead atoms. The van der Waals surface area contributed by atoms with Crippen LogP contribution in [-0.4, -0.2) is 45.4 Å². The minimum absolute atomic E-state index is 0.0855. The molecule has 2 saturated heterocycles. The molecule has 0 saturated carbocycles. The number of carbonyl (C=O) groups excluding carboxylic acids is 1. The van der Waals surface area contributed by atoms with E-state index in [1.165, 1.54) is 13.0 Å². The van der Waals surface area contributed by atoms with Crippen LogP contribution < -0.4 is 10.6 Å². The summed E-state index contributed by atoms with van der Waals surface area (Å²) in [6.07, 6.45) is 1.20. The number of ether oxygens (including phenoxy) is 1. The Labute approximate surface area is 194 Å². The largest absolute Gasteiger partial charge is 0.381 e. The van der Waals surface area contributed by atoms with E-state index in [-0.39, 0.29) is 18.4 Å². The lowest BCUT2D eigenvalue weighted by atomic mass is 9.82. The Morgan fingerprint density at radius 3 is 2.52 bits per heavy atom. The van der Waals surface area contributed by atoms with E-state index in [9.17, 15) is 13.2 Å². The van der Waals surface area contributed by atoms with Crippen LogP contribution in [0.4, 0.5) is 4.39 Å². The Morgan fingerprint density at radius 1 is 1.18 bits per heavy atom. The Balaban J connectivity index is 1.61. The van der Waals surface area contributed by atoms with E-state index >= 15 is 4.39 Å². The molecular weight excluding hydrogens is 443 g/mol. The average molecular weight is 475 g/mol. The molecule has 0 aromatic heterocycles. The zero-order valence-corrected chi connectivity index (χ0v) is 19.8. The van der Waals surface area contributed by atoms with Crippen molar-refractivity contribution in [2.24, 2.45) is 0 Å². The van der Waals surface area contributed by atoms with Crippen LogP contribution in [0.3, 0.4) is 0 Å². The summed E-state index contributed by atoms with van der Waals surface area (Å²) >= 11 is 0. The first kappa shape index (κ1) is 23.9. The summed E-state index contributed by atoms with van der Waals surface area (Å²) in [5.74, 6) is -0.630. The predicted molar refractivity (Wildman–Crippen MR) is 125 cm³/mol. The minimum atomic E-state index is -3.54. The molecule has 2 aliphatic heterocycles. The molecule has 0 spiro atoms. The second-order valence-corrected chi connectivity index (χ2v) is 11.5. The zero-order chi connectivity index (χ0) is 23.6. The number of nitrogens with one attached hydrogen (secondary N) is 2. The van der Waals surface area contributed by atoms with Gasteiger partial charge in [0.25, 0.3) is 0 Å². The quantitative estimate of drug-likeness (QED) is 0.696. The number of carbonyl (C=O) groups is 1. The first-order valence-corrected chi connectivity index (χ1v) is 13.0. The predicted octanol–water partition coefficient (Wildman–Crippen LogP) is 3.03. The van der Waals surface area contributed by atoms with Crippen LogP contribution >= 0.6 is 0 Å². The third-order valence-electron chi connectivity index (χ3n) is 6.96. The van der Waals surface area contributed by atoms with E-state index in [0.29, 0.717) is 43.7 Å². The first-order valence-electron chi connectivity index (χ1n) is 11.4. The molecule has 6 nitrogen and oxygen atoms in total. The van der Waals surface area contributed by atoms with Gasteiger partial charge in [0.1, 0.15) is 5.82 Å². The van der Waals surface area contributed by atoms with Gasteiger partial charge in [0.2, 0.25) is 5.91 Å². The smallest absolute Gasteiger partial charge is 0.217 e. The number of benzene rings is 2. The van der Waals surface area contributed by atoms with Gasteiger partial charge in [-0.1, -0.05) is 42.5 Å². The van der Waals surface area contributed by atoms with Crippen LogP contribution in [0.25, 0.3) is 0 Å². The van der Waals surface area contributed by atoms with Gasteiger partial charge in [-0.15, -0.1) is 0 Å². The van der Waals surface area contributed by atoms with Crippen molar-refractivity contribution < 1.29 is 22.3 Å². The lowest BCUT2D eigenvalue weighted by Crippen LogP contribution is -2.53. The van der Waals surface area contributed by atoms with Gasteiger partial charge in [0, 0.05) is 32.7 Å². The van der Waals surface area contributed by atoms with Crippen LogP contribution in [-0.2, 0) is 31.3 Å². The molecule has 2 aliphatic rings. The third kappa shape index (κ3) is 4.83. The number of hydrogen-bond donors (Lipinski definition) is 2. The van der Waals surface area contributed by atoms with E-state index in [1.54, 1.807) is 6.07 Å². The van der Waals surface area contributed by atoms with Crippen molar-refractivity contribution in [2.75, 3.05) is 19.8 Å². The van der Waals surface area contributed by atoms with Gasteiger partial charge in [-0.25, -0.2) is 12.8 Å². The molecule has 2 aromatic carbocycles. The zero-order valence-electron chi connectivity index (χ0n) is 19.0. The molecule has 3 atom stereocenters. The average Bonchev–Trinajstić information content (AvgIpc) is 2.78. The Kier molecular flexibility index (Phi) is 6.88. The van der Waals surface area contributed by atoms with Gasteiger partial charge in [-0.05, 0) is 48.9 Å². The van der Waals surface area contributed by atoms with Crippen molar-refractivity contribution in [3.05, 3.63) is 71.0 Å². The fourth-order valence-corrected chi connectivity index (χ4v) is 7.44. The maximum atomic E-state index is 15.3. The fourth-order valence-electron chi connectivity index (χ4n) is 5.07. The highest BCUT2D eigenvalue weighted by Crippen LogP contribution is 2.35. The van der Waals surface area contributed by atoms with Gasteiger partial charge in [-0.3, -0.25) is 4.79 Å². The van der Waals surface area contributed by atoms with Crippen LogP contribution in [0.1, 0.15) is 48.6 Å². The van der Waals surface area contributed by atoms with E-state index < -0.39 is 31.7 Å². The molecule has 2 fully saturated rings. The van der Waals surface area contributed by atoms with Crippen LogP contribution in [0.5, 0.6) is 0 Å². The SMILES string of the molecule is CC(=O)NC1(c2ccc(CC3[C@H](C)NC[C@@H](c4ccccc4)S3(=O)=O)c(F)c2)CCOCC1.